The second-order valence-corrected chi connectivity index (χ2v) is 7.62. The van der Waals surface area contributed by atoms with Gasteiger partial charge in [0.15, 0.2) is 0 Å². The van der Waals surface area contributed by atoms with E-state index in [0.717, 1.165) is 28.9 Å². The topological polar surface area (TPSA) is 58.1 Å². The van der Waals surface area contributed by atoms with Gasteiger partial charge in [0, 0.05) is 24.1 Å². The maximum Gasteiger partial charge on any atom is 0.261 e. The third kappa shape index (κ3) is 3.34. The number of hydrogen-bond donors (Lipinski definition) is 1. The summed E-state index contributed by atoms with van der Waals surface area (Å²) in [5.41, 5.74) is 5.48. The highest BCUT2D eigenvalue weighted by atomic mass is 35.5. The lowest BCUT2D eigenvalue weighted by Crippen LogP contribution is -2.35. The van der Waals surface area contributed by atoms with Crippen LogP contribution in [0.1, 0.15) is 34.0 Å². The molecule has 0 spiro atoms. The molecule has 0 radical (unpaired) electrons. The van der Waals surface area contributed by atoms with Gasteiger partial charge in [-0.05, 0) is 56.0 Å². The Labute approximate surface area is 169 Å². The Morgan fingerprint density at radius 1 is 1.18 bits per heavy atom. The number of aromatic nitrogens is 2. The molecule has 1 aliphatic heterocycles. The molecule has 2 aromatic carbocycles. The summed E-state index contributed by atoms with van der Waals surface area (Å²) in [4.78, 5) is 23.5. The molecule has 0 bridgehead atoms. The van der Waals surface area contributed by atoms with Crippen LogP contribution >= 0.6 is 11.6 Å². The van der Waals surface area contributed by atoms with E-state index in [9.17, 15) is 4.79 Å². The van der Waals surface area contributed by atoms with Crippen molar-refractivity contribution in [3.05, 3.63) is 76.1 Å². The summed E-state index contributed by atoms with van der Waals surface area (Å²) in [6, 6.07) is 12.0. The Bertz CT molecular complexity index is 1030. The van der Waals surface area contributed by atoms with E-state index in [0.29, 0.717) is 16.5 Å². The first-order valence-corrected chi connectivity index (χ1v) is 9.59. The van der Waals surface area contributed by atoms with Crippen LogP contribution in [-0.4, -0.2) is 21.9 Å². The molecule has 1 aromatic heterocycles. The predicted octanol–water partition coefficient (Wildman–Crippen LogP) is 5.08. The molecule has 1 N–H and O–H groups in total. The van der Waals surface area contributed by atoms with E-state index >= 15 is 0 Å². The first-order chi connectivity index (χ1) is 13.4. The van der Waals surface area contributed by atoms with Crippen molar-refractivity contribution in [2.75, 3.05) is 10.2 Å². The molecule has 5 nitrogen and oxygen atoms in total. The average molecular weight is 393 g/mol. The number of nitrogens with one attached hydrogen (secondary N) is 1. The van der Waals surface area contributed by atoms with Crippen LogP contribution in [0.5, 0.6) is 0 Å². The van der Waals surface area contributed by atoms with Gasteiger partial charge in [-0.2, -0.15) is 0 Å². The van der Waals surface area contributed by atoms with Crippen molar-refractivity contribution >= 4 is 34.8 Å². The molecule has 1 atom stereocenters. The number of aryl methyl sites for hydroxylation is 2. The van der Waals surface area contributed by atoms with Crippen molar-refractivity contribution in [3.63, 3.8) is 0 Å². The van der Waals surface area contributed by atoms with E-state index < -0.39 is 0 Å². The molecule has 4 rings (SSSR count). The second-order valence-electron chi connectivity index (χ2n) is 7.22. The zero-order valence-electron chi connectivity index (χ0n) is 16.0. The van der Waals surface area contributed by atoms with E-state index in [1.165, 1.54) is 5.56 Å². The largest absolute Gasteiger partial charge is 0.323 e. The fraction of sp³-hybridized carbons (Fsp3) is 0.227. The van der Waals surface area contributed by atoms with Crippen molar-refractivity contribution in [1.29, 1.82) is 0 Å². The third-order valence-corrected chi connectivity index (χ3v) is 5.29. The van der Waals surface area contributed by atoms with Crippen LogP contribution in [0.15, 0.2) is 48.8 Å². The van der Waals surface area contributed by atoms with Crippen LogP contribution in [-0.2, 0) is 6.42 Å². The van der Waals surface area contributed by atoms with Gasteiger partial charge < -0.3 is 10.2 Å². The first-order valence-electron chi connectivity index (χ1n) is 9.21. The number of amides is 1. The Hall–Kier alpha value is -2.92. The fourth-order valence-electron chi connectivity index (χ4n) is 3.70. The van der Waals surface area contributed by atoms with Gasteiger partial charge in [-0.3, -0.25) is 4.79 Å². The quantitative estimate of drug-likeness (QED) is 0.675. The molecular formula is C22H21ClN4O. The molecule has 0 saturated heterocycles. The highest BCUT2D eigenvalue weighted by molar-refractivity contribution is 6.33. The summed E-state index contributed by atoms with van der Waals surface area (Å²) >= 11 is 6.34. The van der Waals surface area contributed by atoms with Crippen molar-refractivity contribution in [3.8, 4) is 0 Å². The van der Waals surface area contributed by atoms with Crippen LogP contribution in [0.2, 0.25) is 5.02 Å². The number of halogens is 1. The van der Waals surface area contributed by atoms with Crippen molar-refractivity contribution in [1.82, 2.24) is 9.97 Å². The Morgan fingerprint density at radius 2 is 1.89 bits per heavy atom. The van der Waals surface area contributed by atoms with Gasteiger partial charge in [-0.1, -0.05) is 35.9 Å². The van der Waals surface area contributed by atoms with Gasteiger partial charge in [0.05, 0.1) is 16.3 Å². The number of carbonyl (C=O) groups excluding carboxylic acids is 1. The number of rotatable bonds is 3. The molecular weight excluding hydrogens is 372 g/mol. The minimum atomic E-state index is -0.0893. The van der Waals surface area contributed by atoms with Gasteiger partial charge in [0.1, 0.15) is 0 Å². The summed E-state index contributed by atoms with van der Waals surface area (Å²) in [5, 5.41) is 3.76. The van der Waals surface area contributed by atoms with Gasteiger partial charge >= 0.3 is 0 Å². The van der Waals surface area contributed by atoms with Crippen LogP contribution in [0, 0.1) is 13.8 Å². The third-order valence-electron chi connectivity index (χ3n) is 4.99. The second kappa shape index (κ2) is 7.24. The number of nitrogens with zero attached hydrogens (tertiary/aromatic N) is 3. The van der Waals surface area contributed by atoms with Crippen molar-refractivity contribution in [2.24, 2.45) is 0 Å². The Balaban J connectivity index is 1.57. The number of fused-ring (bicyclic) bond motifs is 1. The van der Waals surface area contributed by atoms with E-state index in [1.54, 1.807) is 12.4 Å². The van der Waals surface area contributed by atoms with Crippen LogP contribution in [0.3, 0.4) is 0 Å². The van der Waals surface area contributed by atoms with E-state index in [-0.39, 0.29) is 11.9 Å². The predicted molar refractivity (Wildman–Crippen MR) is 113 cm³/mol. The number of para-hydroxylation sites is 1. The molecule has 0 aliphatic carbocycles. The normalized spacial score (nSPS) is 15.4. The van der Waals surface area contributed by atoms with Gasteiger partial charge in [0.2, 0.25) is 5.95 Å². The first kappa shape index (κ1) is 18.4. The summed E-state index contributed by atoms with van der Waals surface area (Å²) in [6.07, 6.45) is 3.97. The molecule has 2 heterocycles. The van der Waals surface area contributed by atoms with Gasteiger partial charge in [0.25, 0.3) is 5.91 Å². The number of anilines is 3. The summed E-state index contributed by atoms with van der Waals surface area (Å²) in [6.45, 7) is 6.03. The van der Waals surface area contributed by atoms with Gasteiger partial charge in [-0.25, -0.2) is 9.97 Å². The Morgan fingerprint density at radius 3 is 2.61 bits per heavy atom. The molecule has 142 valence electrons. The molecule has 6 heteroatoms. The summed E-state index contributed by atoms with van der Waals surface area (Å²) < 4.78 is 0. The molecule has 0 saturated carbocycles. The van der Waals surface area contributed by atoms with Crippen molar-refractivity contribution in [2.45, 2.75) is 33.2 Å². The molecule has 1 amide bonds. The SMILES string of the molecule is Cc1cc(C)c(Nc2ncc(C(=O)N3c4ccccc4CC3C)cn2)c(Cl)c1. The zero-order valence-corrected chi connectivity index (χ0v) is 16.8. The monoisotopic (exact) mass is 392 g/mol. The number of benzene rings is 2. The molecule has 0 fully saturated rings. The number of carbonyl (C=O) groups is 1. The minimum absolute atomic E-state index is 0.0893. The number of hydrogen-bond acceptors (Lipinski definition) is 4. The molecule has 1 aliphatic rings. The maximum absolute atomic E-state index is 13.0. The summed E-state index contributed by atoms with van der Waals surface area (Å²) in [5.74, 6) is 0.314. The lowest BCUT2D eigenvalue weighted by molar-refractivity contribution is 0.0981. The molecule has 3 aromatic rings. The van der Waals surface area contributed by atoms with Gasteiger partial charge in [-0.15, -0.1) is 0 Å². The smallest absolute Gasteiger partial charge is 0.261 e. The van der Waals surface area contributed by atoms with E-state index in [1.807, 2.05) is 49.1 Å². The zero-order chi connectivity index (χ0) is 19.8. The van der Waals surface area contributed by atoms with Crippen LogP contribution in [0.25, 0.3) is 0 Å². The lowest BCUT2D eigenvalue weighted by atomic mass is 10.1. The Kier molecular flexibility index (Phi) is 4.77. The average Bonchev–Trinajstić information content (AvgIpc) is 3.00. The molecule has 1 unspecified atom stereocenters. The van der Waals surface area contributed by atoms with Crippen LogP contribution in [0.4, 0.5) is 17.3 Å². The van der Waals surface area contributed by atoms with E-state index in [2.05, 4.69) is 28.3 Å². The van der Waals surface area contributed by atoms with Crippen molar-refractivity contribution < 1.29 is 4.79 Å². The highest BCUT2D eigenvalue weighted by Crippen LogP contribution is 2.33. The maximum atomic E-state index is 13.0. The minimum Gasteiger partial charge on any atom is -0.323 e. The lowest BCUT2D eigenvalue weighted by Gasteiger charge is -2.22. The standard InChI is InChI=1S/C22H21ClN4O/c1-13-8-14(2)20(18(23)9-13)26-22-24-11-17(12-25-22)21(28)27-15(3)10-16-6-4-5-7-19(16)27/h4-9,11-12,15H,10H2,1-3H3,(H,24,25,26). The fourth-order valence-corrected chi connectivity index (χ4v) is 4.07. The van der Waals surface area contributed by atoms with Crippen LogP contribution < -0.4 is 10.2 Å². The van der Waals surface area contributed by atoms with E-state index in [4.69, 9.17) is 11.6 Å². The molecule has 28 heavy (non-hydrogen) atoms. The highest BCUT2D eigenvalue weighted by Gasteiger charge is 2.31. The summed E-state index contributed by atoms with van der Waals surface area (Å²) in [7, 11) is 0.